The summed E-state index contributed by atoms with van der Waals surface area (Å²) in [5.74, 6) is 0. The van der Waals surface area contributed by atoms with Gasteiger partial charge in [-0.15, -0.1) is 19.3 Å². The molecule has 0 unspecified atom stereocenters. The number of hydrogen-bond acceptors (Lipinski definition) is 0. The molecule has 4 heteroatoms. The molecule has 0 spiro atoms. The molecule has 3 aromatic rings. The Bertz CT molecular complexity index is 1620. The van der Waals surface area contributed by atoms with Crippen LogP contribution in [0.1, 0.15) is 151 Å². The zero-order valence-electron chi connectivity index (χ0n) is 35.0. The Hall–Kier alpha value is -2.32. The quantitative estimate of drug-likeness (QED) is 0.174. The Morgan fingerprint density at radius 2 is 0.618 bits per heavy atom. The van der Waals surface area contributed by atoms with Crippen molar-refractivity contribution in [2.75, 3.05) is 0 Å². The standard InChI is InChI=1S/3C17H21.3ClH.Ti/c3*1-4-13-9-8-12-17(15(13)6-3)16-11-7-10-14(16)5-2;;;;/h3*8-9,11-12H,4-7H2,1-3H3;3*1H;/q3*-1;;;;+3/p-3. The van der Waals surface area contributed by atoms with Gasteiger partial charge in [0.05, 0.1) is 0 Å². The molecule has 0 nitrogen and oxygen atoms in total. The average Bonchev–Trinajstić information content (AvgIpc) is 3.98. The average molecular weight is 830 g/mol. The van der Waals surface area contributed by atoms with Crippen molar-refractivity contribution in [3.63, 3.8) is 0 Å². The minimum absolute atomic E-state index is 0. The maximum Gasteiger partial charge on any atom is 3.00 e. The maximum atomic E-state index is 3.47. The van der Waals surface area contributed by atoms with Gasteiger partial charge in [-0.2, -0.15) is 34.9 Å². The third kappa shape index (κ3) is 12.8. The van der Waals surface area contributed by atoms with Crippen molar-refractivity contribution in [1.29, 1.82) is 0 Å². The van der Waals surface area contributed by atoms with Crippen LogP contribution in [-0.4, -0.2) is 0 Å². The normalized spacial score (nSPS) is 13.7. The van der Waals surface area contributed by atoms with E-state index in [2.05, 4.69) is 153 Å². The Morgan fingerprint density at radius 3 is 0.818 bits per heavy atom. The van der Waals surface area contributed by atoms with Gasteiger partial charge in [-0.3, -0.25) is 18.2 Å². The summed E-state index contributed by atoms with van der Waals surface area (Å²) in [5.41, 5.74) is 21.8. The van der Waals surface area contributed by atoms with E-state index in [4.69, 9.17) is 0 Å². The van der Waals surface area contributed by atoms with E-state index in [1.165, 1.54) is 83.5 Å². The van der Waals surface area contributed by atoms with Crippen LogP contribution in [0.4, 0.5) is 0 Å². The van der Waals surface area contributed by atoms with Crippen LogP contribution in [0.3, 0.4) is 0 Å². The molecular formula is C51H63Cl3Ti-3. The van der Waals surface area contributed by atoms with Crippen LogP contribution >= 0.6 is 0 Å². The van der Waals surface area contributed by atoms with Crippen LogP contribution in [-0.2, 0) is 60.2 Å². The zero-order valence-corrected chi connectivity index (χ0v) is 38.9. The Kier molecular flexibility index (Phi) is 26.2. The molecule has 0 saturated carbocycles. The van der Waals surface area contributed by atoms with E-state index in [-0.39, 0.29) is 58.9 Å². The molecule has 0 bridgehead atoms. The number of benzene rings is 3. The van der Waals surface area contributed by atoms with Crippen molar-refractivity contribution in [1.82, 2.24) is 0 Å². The molecule has 3 aliphatic carbocycles. The van der Waals surface area contributed by atoms with E-state index in [9.17, 15) is 0 Å². The molecular weight excluding hydrogens is 767 g/mol. The van der Waals surface area contributed by atoms with Crippen molar-refractivity contribution in [2.45, 2.75) is 139 Å². The molecule has 0 aliphatic heterocycles. The van der Waals surface area contributed by atoms with Crippen LogP contribution in [0, 0.1) is 18.2 Å². The van der Waals surface area contributed by atoms with Crippen LogP contribution in [0.2, 0.25) is 0 Å². The molecule has 0 atom stereocenters. The molecule has 0 fully saturated rings. The predicted molar refractivity (Wildman–Crippen MR) is 225 cm³/mol. The van der Waals surface area contributed by atoms with Gasteiger partial charge in [-0.1, -0.05) is 170 Å². The first kappa shape index (κ1) is 52.7. The van der Waals surface area contributed by atoms with E-state index in [0.29, 0.717) is 0 Å². The summed E-state index contributed by atoms with van der Waals surface area (Å²) in [6.07, 6.45) is 30.3. The first-order valence-electron chi connectivity index (χ1n) is 20.2. The number of halogens is 3. The van der Waals surface area contributed by atoms with Gasteiger partial charge in [0.2, 0.25) is 0 Å². The van der Waals surface area contributed by atoms with Gasteiger partial charge < -0.3 is 37.2 Å². The topological polar surface area (TPSA) is 0 Å². The van der Waals surface area contributed by atoms with Crippen molar-refractivity contribution in [2.24, 2.45) is 0 Å². The summed E-state index contributed by atoms with van der Waals surface area (Å²) in [7, 11) is 0. The fourth-order valence-corrected chi connectivity index (χ4v) is 8.16. The first-order valence-corrected chi connectivity index (χ1v) is 20.2. The van der Waals surface area contributed by atoms with Gasteiger partial charge in [0.1, 0.15) is 0 Å². The third-order valence-electron chi connectivity index (χ3n) is 10.8. The fraction of sp³-hybridized carbons (Fsp3) is 0.412. The molecule has 6 rings (SSSR count). The van der Waals surface area contributed by atoms with E-state index < -0.39 is 0 Å². The monoisotopic (exact) mass is 828 g/mol. The largest absolute Gasteiger partial charge is 3.00 e. The van der Waals surface area contributed by atoms with Gasteiger partial charge in [-0.25, -0.2) is 16.7 Å². The van der Waals surface area contributed by atoms with Crippen LogP contribution in [0.5, 0.6) is 0 Å². The van der Waals surface area contributed by atoms with Crippen LogP contribution in [0.25, 0.3) is 16.7 Å². The first-order chi connectivity index (χ1) is 24.9. The molecule has 0 saturated heterocycles. The number of rotatable bonds is 12. The SMILES string of the molecule is CCC1=[C-]CC=C1c1cccc(CC)c1CC.CCC1=[C-]CC=C1c1cccc(CC)c1CC.CCC1=[C-]CC=C1c1cccc(CC)c1CC.[Cl-].[Cl-].[Cl-].[Ti+3]. The minimum Gasteiger partial charge on any atom is -1.00 e. The second kappa shape index (κ2) is 27.3. The van der Waals surface area contributed by atoms with Crippen LogP contribution in [0.15, 0.2) is 89.5 Å². The molecule has 0 heterocycles. The molecule has 0 aromatic heterocycles. The second-order valence-corrected chi connectivity index (χ2v) is 13.4. The number of allylic oxidation sites excluding steroid dienone is 12. The van der Waals surface area contributed by atoms with E-state index in [1.54, 1.807) is 0 Å². The van der Waals surface area contributed by atoms with Gasteiger partial charge in [0, 0.05) is 0 Å². The molecule has 0 N–H and O–H groups in total. The number of aryl methyl sites for hydroxylation is 3. The van der Waals surface area contributed by atoms with Gasteiger partial charge in [0.25, 0.3) is 0 Å². The minimum atomic E-state index is 0. The summed E-state index contributed by atoms with van der Waals surface area (Å²) >= 11 is 0. The number of hydrogen-bond donors (Lipinski definition) is 0. The van der Waals surface area contributed by atoms with Crippen molar-refractivity contribution >= 4 is 16.7 Å². The molecule has 3 aliphatic rings. The zero-order chi connectivity index (χ0) is 36.8. The Morgan fingerprint density at radius 1 is 0.364 bits per heavy atom. The predicted octanol–water partition coefficient (Wildman–Crippen LogP) is 5.22. The van der Waals surface area contributed by atoms with E-state index in [0.717, 1.165) is 77.0 Å². The van der Waals surface area contributed by atoms with Crippen LogP contribution < -0.4 is 37.2 Å². The smallest absolute Gasteiger partial charge is 1.00 e. The second-order valence-electron chi connectivity index (χ2n) is 13.4. The van der Waals surface area contributed by atoms with Crippen molar-refractivity contribution in [3.8, 4) is 0 Å². The summed E-state index contributed by atoms with van der Waals surface area (Å²) < 4.78 is 0. The Balaban J connectivity index is 0.000000767. The van der Waals surface area contributed by atoms with Gasteiger partial charge >= 0.3 is 21.7 Å². The van der Waals surface area contributed by atoms with E-state index >= 15 is 0 Å². The molecule has 3 aromatic carbocycles. The van der Waals surface area contributed by atoms with Crippen molar-refractivity contribution < 1.29 is 58.9 Å². The Labute approximate surface area is 370 Å². The third-order valence-corrected chi connectivity index (χ3v) is 10.8. The molecule has 0 amide bonds. The molecule has 1 radical (unpaired) electrons. The summed E-state index contributed by atoms with van der Waals surface area (Å²) in [6, 6.07) is 20.2. The molecule has 295 valence electrons. The molecule has 55 heavy (non-hydrogen) atoms. The van der Waals surface area contributed by atoms with Gasteiger partial charge in [0.15, 0.2) is 0 Å². The summed E-state index contributed by atoms with van der Waals surface area (Å²) in [5, 5.41) is 0. The van der Waals surface area contributed by atoms with Crippen molar-refractivity contribution in [3.05, 3.63) is 158 Å². The maximum absolute atomic E-state index is 3.47. The summed E-state index contributed by atoms with van der Waals surface area (Å²) in [4.78, 5) is 0. The van der Waals surface area contributed by atoms with E-state index in [1.807, 2.05) is 0 Å². The summed E-state index contributed by atoms with van der Waals surface area (Å²) in [6.45, 7) is 20.1. The van der Waals surface area contributed by atoms with Gasteiger partial charge in [-0.05, 0) is 55.2 Å². The fourth-order valence-electron chi connectivity index (χ4n) is 8.16.